The van der Waals surface area contributed by atoms with E-state index in [1.807, 2.05) is 30.3 Å². The number of hydrogen-bond acceptors (Lipinski definition) is 6. The van der Waals surface area contributed by atoms with Crippen molar-refractivity contribution in [2.75, 3.05) is 17.7 Å². The van der Waals surface area contributed by atoms with Gasteiger partial charge in [-0.3, -0.25) is 4.79 Å². The quantitative estimate of drug-likeness (QED) is 0.714. The van der Waals surface area contributed by atoms with Crippen molar-refractivity contribution in [1.82, 2.24) is 9.97 Å². The van der Waals surface area contributed by atoms with Crippen LogP contribution in [-0.4, -0.2) is 36.7 Å². The minimum Gasteiger partial charge on any atom is -0.476 e. The molecule has 29 heavy (non-hydrogen) atoms. The molecule has 0 fully saturated rings. The summed E-state index contributed by atoms with van der Waals surface area (Å²) in [6, 6.07) is 14.4. The summed E-state index contributed by atoms with van der Waals surface area (Å²) in [4.78, 5) is 19.7. The number of rotatable bonds is 3. The largest absolute Gasteiger partial charge is 0.476 e. The van der Waals surface area contributed by atoms with E-state index in [4.69, 9.17) is 4.74 Å². The lowest BCUT2D eigenvalue weighted by atomic mass is 10.0. The highest BCUT2D eigenvalue weighted by atomic mass is 32.2. The molecule has 1 aliphatic rings. The van der Waals surface area contributed by atoms with Gasteiger partial charge in [-0.25, -0.2) is 18.4 Å². The van der Waals surface area contributed by atoms with Gasteiger partial charge in [0.15, 0.2) is 9.84 Å². The zero-order valence-electron chi connectivity index (χ0n) is 15.7. The third-order valence-corrected chi connectivity index (χ3v) is 6.47. The lowest BCUT2D eigenvalue weighted by molar-refractivity contribution is -0.114. The van der Waals surface area contributed by atoms with Gasteiger partial charge in [0.1, 0.15) is 10.7 Å². The van der Waals surface area contributed by atoms with Gasteiger partial charge in [0.05, 0.1) is 12.4 Å². The van der Waals surface area contributed by atoms with E-state index >= 15 is 0 Å². The minimum atomic E-state index is -3.61. The number of fused-ring (bicyclic) bond motifs is 1. The highest BCUT2D eigenvalue weighted by molar-refractivity contribution is 7.91. The zero-order valence-corrected chi connectivity index (χ0v) is 16.5. The molecule has 4 rings (SSSR count). The number of benzene rings is 1. The Labute approximate surface area is 168 Å². The van der Waals surface area contributed by atoms with Crippen LogP contribution >= 0.6 is 0 Å². The van der Waals surface area contributed by atoms with E-state index in [2.05, 4.69) is 15.3 Å². The van der Waals surface area contributed by atoms with Gasteiger partial charge in [0, 0.05) is 30.8 Å². The Morgan fingerprint density at radius 3 is 2.66 bits per heavy atom. The summed E-state index contributed by atoms with van der Waals surface area (Å²) in [5.74, 6) is -0.0666. The first kappa shape index (κ1) is 19.1. The lowest BCUT2D eigenvalue weighted by Gasteiger charge is -2.13. The van der Waals surface area contributed by atoms with Gasteiger partial charge in [0.2, 0.25) is 11.8 Å². The van der Waals surface area contributed by atoms with Gasteiger partial charge in [-0.05, 0) is 29.3 Å². The van der Waals surface area contributed by atoms with Crippen molar-refractivity contribution in [3.8, 4) is 17.0 Å². The molecule has 3 aromatic rings. The first-order chi connectivity index (χ1) is 13.9. The smallest absolute Gasteiger partial charge is 0.232 e. The number of hydrogen-bond donors (Lipinski definition) is 1. The summed E-state index contributed by atoms with van der Waals surface area (Å²) in [5, 5.41) is 2.61. The monoisotopic (exact) mass is 409 g/mol. The van der Waals surface area contributed by atoms with E-state index in [0.717, 1.165) is 5.56 Å². The molecular weight excluding hydrogens is 390 g/mol. The molecule has 1 amide bonds. The van der Waals surface area contributed by atoms with Crippen LogP contribution < -0.4 is 10.1 Å². The molecule has 1 N–H and O–H groups in total. The molecule has 2 aromatic heterocycles. The van der Waals surface area contributed by atoms with Gasteiger partial charge in [0.25, 0.3) is 0 Å². The van der Waals surface area contributed by atoms with Crippen LogP contribution in [0.25, 0.3) is 11.1 Å². The van der Waals surface area contributed by atoms with Gasteiger partial charge >= 0.3 is 0 Å². The maximum atomic E-state index is 13.1. The van der Waals surface area contributed by atoms with Crippen LogP contribution in [0.15, 0.2) is 65.8 Å². The SMILES string of the molecule is CC(=O)Nc1cc(-c2cnc3c(c2)S(=O)(=O)C[C@H](c2ccccc2)CO3)ccn1. The summed E-state index contributed by atoms with van der Waals surface area (Å²) in [7, 11) is -3.61. The molecule has 0 saturated heterocycles. The predicted octanol–water partition coefficient (Wildman–Crippen LogP) is 3.05. The molecule has 0 bridgehead atoms. The third-order valence-electron chi connectivity index (χ3n) is 4.66. The molecular formula is C21H19N3O4S. The summed E-state index contributed by atoms with van der Waals surface area (Å²) in [6.45, 7) is 1.63. The van der Waals surface area contributed by atoms with Gasteiger partial charge in [-0.2, -0.15) is 0 Å². The number of amides is 1. The maximum absolute atomic E-state index is 13.1. The van der Waals surface area contributed by atoms with Gasteiger partial charge in [-0.1, -0.05) is 30.3 Å². The number of sulfone groups is 1. The Kier molecular flexibility index (Phi) is 5.02. The van der Waals surface area contributed by atoms with Crippen molar-refractivity contribution in [2.45, 2.75) is 17.7 Å². The molecule has 0 unspecified atom stereocenters. The number of anilines is 1. The molecule has 1 aliphatic heterocycles. The topological polar surface area (TPSA) is 98.2 Å². The average molecular weight is 409 g/mol. The first-order valence-electron chi connectivity index (χ1n) is 9.07. The van der Waals surface area contributed by atoms with Crippen LogP contribution in [0.1, 0.15) is 18.4 Å². The minimum absolute atomic E-state index is 0.0529. The maximum Gasteiger partial charge on any atom is 0.232 e. The number of nitrogens with zero attached hydrogens (tertiary/aromatic N) is 2. The molecule has 0 spiro atoms. The molecule has 3 heterocycles. The van der Waals surface area contributed by atoms with Crippen LogP contribution in [-0.2, 0) is 14.6 Å². The fraction of sp³-hybridized carbons (Fsp3) is 0.190. The van der Waals surface area contributed by atoms with E-state index in [-0.39, 0.29) is 35.0 Å². The second kappa shape index (κ2) is 7.63. The van der Waals surface area contributed by atoms with Crippen molar-refractivity contribution in [2.24, 2.45) is 0 Å². The van der Waals surface area contributed by atoms with Crippen LogP contribution in [0.5, 0.6) is 5.88 Å². The van der Waals surface area contributed by atoms with Crippen molar-refractivity contribution < 1.29 is 17.9 Å². The molecule has 0 saturated carbocycles. The Balaban J connectivity index is 1.70. The normalized spacial score (nSPS) is 17.5. The third kappa shape index (κ3) is 4.12. The molecule has 7 nitrogen and oxygen atoms in total. The highest BCUT2D eigenvalue weighted by Crippen LogP contribution is 2.34. The van der Waals surface area contributed by atoms with Crippen molar-refractivity contribution >= 4 is 21.6 Å². The molecule has 8 heteroatoms. The van der Waals surface area contributed by atoms with Crippen molar-refractivity contribution in [1.29, 1.82) is 0 Å². The number of pyridine rings is 2. The fourth-order valence-corrected chi connectivity index (χ4v) is 4.96. The lowest BCUT2D eigenvalue weighted by Crippen LogP contribution is -2.16. The molecule has 0 aliphatic carbocycles. The van der Waals surface area contributed by atoms with E-state index in [0.29, 0.717) is 16.9 Å². The first-order valence-corrected chi connectivity index (χ1v) is 10.7. The van der Waals surface area contributed by atoms with E-state index in [9.17, 15) is 13.2 Å². The molecule has 0 radical (unpaired) electrons. The average Bonchev–Trinajstić information content (AvgIpc) is 2.84. The molecule has 148 valence electrons. The number of ether oxygens (including phenoxy) is 1. The summed E-state index contributed by atoms with van der Waals surface area (Å²) < 4.78 is 31.9. The number of carbonyl (C=O) groups excluding carboxylic acids is 1. The summed E-state index contributed by atoms with van der Waals surface area (Å²) >= 11 is 0. The molecule has 1 aromatic carbocycles. The predicted molar refractivity (Wildman–Crippen MR) is 109 cm³/mol. The van der Waals surface area contributed by atoms with Gasteiger partial charge in [-0.15, -0.1) is 0 Å². The van der Waals surface area contributed by atoms with E-state index in [1.54, 1.807) is 30.6 Å². The molecule has 1 atom stereocenters. The summed E-state index contributed by atoms with van der Waals surface area (Å²) in [6.07, 6.45) is 3.10. The fourth-order valence-electron chi connectivity index (χ4n) is 3.28. The number of nitrogens with one attached hydrogen (secondary N) is 1. The highest BCUT2D eigenvalue weighted by Gasteiger charge is 2.31. The van der Waals surface area contributed by atoms with Crippen LogP contribution in [0, 0.1) is 0 Å². The van der Waals surface area contributed by atoms with Crippen molar-refractivity contribution in [3.63, 3.8) is 0 Å². The Bertz CT molecular complexity index is 1160. The number of carbonyl (C=O) groups is 1. The Morgan fingerprint density at radius 1 is 1.10 bits per heavy atom. The number of aromatic nitrogens is 2. The standard InChI is InChI=1S/C21H19N3O4S/c1-14(25)24-20-10-16(7-8-22-20)17-9-19-21(23-11-17)28-12-18(13-29(19,26)27)15-5-3-2-4-6-15/h2-11,18H,12-13H2,1H3,(H,22,24,25)/t18-/m1/s1. The van der Waals surface area contributed by atoms with E-state index in [1.165, 1.54) is 6.92 Å². The van der Waals surface area contributed by atoms with Gasteiger partial charge < -0.3 is 10.1 Å². The second-order valence-electron chi connectivity index (χ2n) is 6.84. The van der Waals surface area contributed by atoms with Crippen LogP contribution in [0.3, 0.4) is 0 Å². The Hall–Kier alpha value is -3.26. The Morgan fingerprint density at radius 2 is 1.90 bits per heavy atom. The van der Waals surface area contributed by atoms with Crippen molar-refractivity contribution in [3.05, 3.63) is 66.5 Å². The summed E-state index contributed by atoms with van der Waals surface area (Å²) in [5.41, 5.74) is 2.21. The zero-order chi connectivity index (χ0) is 20.4. The second-order valence-corrected chi connectivity index (χ2v) is 8.84. The van der Waals surface area contributed by atoms with E-state index < -0.39 is 9.84 Å². The van der Waals surface area contributed by atoms with Crippen LogP contribution in [0.4, 0.5) is 5.82 Å². The van der Waals surface area contributed by atoms with Crippen LogP contribution in [0.2, 0.25) is 0 Å².